The minimum absolute atomic E-state index is 0.0282. The van der Waals surface area contributed by atoms with E-state index >= 15 is 0 Å². The molecule has 180 valence electrons. The highest BCUT2D eigenvalue weighted by Crippen LogP contribution is 2.30. The van der Waals surface area contributed by atoms with E-state index in [4.69, 9.17) is 9.47 Å². The van der Waals surface area contributed by atoms with Crippen molar-refractivity contribution in [1.29, 1.82) is 0 Å². The number of aryl methyl sites for hydroxylation is 2. The molecule has 1 unspecified atom stereocenters. The van der Waals surface area contributed by atoms with Crippen molar-refractivity contribution in [2.24, 2.45) is 5.92 Å². The third-order valence-corrected chi connectivity index (χ3v) is 7.81. The molecule has 1 fully saturated rings. The number of carbonyl (C=O) groups is 2. The maximum atomic E-state index is 13.5. The molecular formula is C23H31N3O6S. The lowest BCUT2D eigenvalue weighted by atomic mass is 9.99. The molecule has 1 atom stereocenters. The summed E-state index contributed by atoms with van der Waals surface area (Å²) in [6, 6.07) is 7.37. The van der Waals surface area contributed by atoms with Crippen molar-refractivity contribution in [3.8, 4) is 5.75 Å². The van der Waals surface area contributed by atoms with Gasteiger partial charge in [0.2, 0.25) is 15.9 Å². The van der Waals surface area contributed by atoms with Gasteiger partial charge in [0.1, 0.15) is 16.2 Å². The largest absolute Gasteiger partial charge is 0.497 e. The highest BCUT2D eigenvalue weighted by Gasteiger charge is 2.38. The first kappa shape index (κ1) is 24.8. The molecule has 1 aromatic heterocycles. The molecule has 2 N–H and O–H groups in total. The summed E-state index contributed by atoms with van der Waals surface area (Å²) in [5.74, 6) is -0.615. The summed E-state index contributed by atoms with van der Waals surface area (Å²) < 4.78 is 38.5. The van der Waals surface area contributed by atoms with Crippen LogP contribution in [0.2, 0.25) is 0 Å². The van der Waals surface area contributed by atoms with Gasteiger partial charge in [-0.3, -0.25) is 4.79 Å². The molecule has 2 heterocycles. The van der Waals surface area contributed by atoms with Gasteiger partial charge in [-0.05, 0) is 51.3 Å². The third kappa shape index (κ3) is 5.39. The first-order chi connectivity index (χ1) is 15.7. The molecule has 3 rings (SSSR count). The highest BCUT2D eigenvalue weighted by atomic mass is 32.2. The Hall–Kier alpha value is -2.85. The second kappa shape index (κ2) is 10.4. The fourth-order valence-electron chi connectivity index (χ4n) is 4.11. The van der Waals surface area contributed by atoms with Crippen LogP contribution in [0.15, 0.2) is 29.2 Å². The Labute approximate surface area is 194 Å². The molecule has 1 aliphatic rings. The lowest BCUT2D eigenvalue weighted by Crippen LogP contribution is -2.45. The van der Waals surface area contributed by atoms with Gasteiger partial charge in [-0.25, -0.2) is 13.2 Å². The number of nitrogens with one attached hydrogen (secondary N) is 2. The fraction of sp³-hybridized carbons (Fsp3) is 0.478. The minimum atomic E-state index is -4.00. The zero-order valence-corrected chi connectivity index (χ0v) is 20.3. The number of methoxy groups -OCH3 is 1. The summed E-state index contributed by atoms with van der Waals surface area (Å²) in [7, 11) is -2.41. The minimum Gasteiger partial charge on any atom is -0.497 e. The zero-order valence-electron chi connectivity index (χ0n) is 19.4. The average Bonchev–Trinajstić information content (AvgIpc) is 3.12. The van der Waals surface area contributed by atoms with E-state index in [9.17, 15) is 18.0 Å². The summed E-state index contributed by atoms with van der Waals surface area (Å²) in [6.07, 6.45) is 1.15. The van der Waals surface area contributed by atoms with Crippen molar-refractivity contribution in [2.75, 3.05) is 26.8 Å². The zero-order chi connectivity index (χ0) is 24.2. The van der Waals surface area contributed by atoms with Gasteiger partial charge in [-0.1, -0.05) is 12.1 Å². The number of sulfonamides is 1. The SMILES string of the molecule is CCOC(=O)c1c(C)[nH]c(C)c1S(=O)(=O)N1CCCC(C(=O)NCc2ccc(OC)cc2)C1. The van der Waals surface area contributed by atoms with Gasteiger partial charge in [-0.15, -0.1) is 0 Å². The van der Waals surface area contributed by atoms with Crippen LogP contribution in [0.1, 0.15) is 47.1 Å². The van der Waals surface area contributed by atoms with Gasteiger partial charge in [-0.2, -0.15) is 4.31 Å². The molecule has 1 saturated heterocycles. The second-order valence-electron chi connectivity index (χ2n) is 8.07. The Morgan fingerprint density at radius 1 is 1.18 bits per heavy atom. The number of piperidine rings is 1. The number of hydrogen-bond acceptors (Lipinski definition) is 6. The normalized spacial score (nSPS) is 16.9. The van der Waals surface area contributed by atoms with E-state index in [2.05, 4.69) is 10.3 Å². The molecule has 10 heteroatoms. The molecule has 0 saturated carbocycles. The van der Waals surface area contributed by atoms with Crippen molar-refractivity contribution in [2.45, 2.75) is 45.1 Å². The fourth-order valence-corrected chi connectivity index (χ4v) is 6.05. The standard InChI is InChI=1S/C23H31N3O6S/c1-5-32-23(28)20-15(2)25-16(3)21(20)33(29,30)26-12-6-7-18(14-26)22(27)24-13-17-8-10-19(31-4)11-9-17/h8-11,18,25H,5-7,12-14H2,1-4H3,(H,24,27). The molecule has 0 bridgehead atoms. The van der Waals surface area contributed by atoms with E-state index in [1.807, 2.05) is 24.3 Å². The van der Waals surface area contributed by atoms with Crippen molar-refractivity contribution in [3.63, 3.8) is 0 Å². The van der Waals surface area contributed by atoms with Crippen LogP contribution in [0.5, 0.6) is 5.75 Å². The summed E-state index contributed by atoms with van der Waals surface area (Å²) >= 11 is 0. The number of nitrogens with zero attached hydrogens (tertiary/aromatic N) is 1. The molecule has 2 aromatic rings. The number of H-pyrrole nitrogens is 1. The Morgan fingerprint density at radius 3 is 2.52 bits per heavy atom. The molecule has 33 heavy (non-hydrogen) atoms. The van der Waals surface area contributed by atoms with E-state index in [0.29, 0.717) is 30.8 Å². The monoisotopic (exact) mass is 477 g/mol. The first-order valence-corrected chi connectivity index (χ1v) is 12.4. The number of ether oxygens (including phenoxy) is 2. The number of hydrogen-bond donors (Lipinski definition) is 2. The van der Waals surface area contributed by atoms with Gasteiger partial charge in [0.05, 0.1) is 19.6 Å². The maximum absolute atomic E-state index is 13.5. The van der Waals surface area contributed by atoms with Crippen molar-refractivity contribution >= 4 is 21.9 Å². The second-order valence-corrected chi connectivity index (χ2v) is 9.94. The predicted octanol–water partition coefficient (Wildman–Crippen LogP) is 2.53. The molecule has 0 aliphatic carbocycles. The summed E-state index contributed by atoms with van der Waals surface area (Å²) in [5, 5.41) is 2.90. The van der Waals surface area contributed by atoms with Gasteiger partial charge in [0.15, 0.2) is 0 Å². The van der Waals surface area contributed by atoms with Gasteiger partial charge in [0, 0.05) is 31.0 Å². The van der Waals surface area contributed by atoms with E-state index in [-0.39, 0.29) is 36.1 Å². The van der Waals surface area contributed by atoms with Crippen LogP contribution in [0, 0.1) is 19.8 Å². The topological polar surface area (TPSA) is 118 Å². The molecule has 0 radical (unpaired) electrons. The third-order valence-electron chi connectivity index (χ3n) is 5.78. The maximum Gasteiger partial charge on any atom is 0.341 e. The first-order valence-electron chi connectivity index (χ1n) is 11.0. The van der Waals surface area contributed by atoms with E-state index in [1.54, 1.807) is 27.9 Å². The van der Waals surface area contributed by atoms with Gasteiger partial charge < -0.3 is 19.8 Å². The Kier molecular flexibility index (Phi) is 7.80. The Morgan fingerprint density at radius 2 is 1.88 bits per heavy atom. The number of rotatable bonds is 8. The number of aromatic amines is 1. The number of amides is 1. The average molecular weight is 478 g/mol. The lowest BCUT2D eigenvalue weighted by molar-refractivity contribution is -0.126. The highest BCUT2D eigenvalue weighted by molar-refractivity contribution is 7.89. The number of benzene rings is 1. The van der Waals surface area contributed by atoms with Crippen LogP contribution in [0.4, 0.5) is 0 Å². The van der Waals surface area contributed by atoms with Crippen LogP contribution in [0.3, 0.4) is 0 Å². The van der Waals surface area contributed by atoms with E-state index in [0.717, 1.165) is 11.3 Å². The van der Waals surface area contributed by atoms with Crippen LogP contribution in [-0.2, 0) is 26.1 Å². The number of carbonyl (C=O) groups excluding carboxylic acids is 2. The van der Waals surface area contributed by atoms with Crippen LogP contribution in [0.25, 0.3) is 0 Å². The lowest BCUT2D eigenvalue weighted by Gasteiger charge is -2.31. The van der Waals surface area contributed by atoms with Crippen LogP contribution < -0.4 is 10.1 Å². The number of aromatic nitrogens is 1. The summed E-state index contributed by atoms with van der Waals surface area (Å²) in [4.78, 5) is 28.1. The predicted molar refractivity (Wildman–Crippen MR) is 123 cm³/mol. The molecule has 1 aromatic carbocycles. The molecule has 0 spiro atoms. The molecule has 1 aliphatic heterocycles. The number of esters is 1. The van der Waals surface area contributed by atoms with E-state index < -0.39 is 21.9 Å². The van der Waals surface area contributed by atoms with Crippen LogP contribution in [-0.4, -0.2) is 56.4 Å². The van der Waals surface area contributed by atoms with Crippen molar-refractivity contribution in [1.82, 2.24) is 14.6 Å². The van der Waals surface area contributed by atoms with Gasteiger partial charge in [0.25, 0.3) is 0 Å². The Bertz CT molecular complexity index is 1110. The van der Waals surface area contributed by atoms with Crippen molar-refractivity contribution < 1.29 is 27.5 Å². The molecule has 1 amide bonds. The summed E-state index contributed by atoms with van der Waals surface area (Å²) in [6.45, 7) is 5.76. The molecular weight excluding hydrogens is 446 g/mol. The smallest absolute Gasteiger partial charge is 0.341 e. The van der Waals surface area contributed by atoms with Crippen molar-refractivity contribution in [3.05, 3.63) is 46.8 Å². The van der Waals surface area contributed by atoms with Crippen LogP contribution >= 0.6 is 0 Å². The summed E-state index contributed by atoms with van der Waals surface area (Å²) in [5.41, 5.74) is 1.76. The Balaban J connectivity index is 1.74. The van der Waals surface area contributed by atoms with Gasteiger partial charge >= 0.3 is 5.97 Å². The molecule has 9 nitrogen and oxygen atoms in total. The quantitative estimate of drug-likeness (QED) is 0.564. The van der Waals surface area contributed by atoms with E-state index in [1.165, 1.54) is 4.31 Å².